The highest BCUT2D eigenvalue weighted by atomic mass is 19.3. The number of hydrogen-bond acceptors (Lipinski definition) is 7. The van der Waals surface area contributed by atoms with Crippen molar-refractivity contribution in [1.82, 2.24) is 16.0 Å². The summed E-state index contributed by atoms with van der Waals surface area (Å²) < 4.78 is 89.8. The molecule has 4 N–H and O–H groups in total. The molecule has 11 nitrogen and oxygen atoms in total. The zero-order valence-electron chi connectivity index (χ0n) is 24.4. The smallest absolute Gasteiger partial charge is 0.387 e. The van der Waals surface area contributed by atoms with Crippen LogP contribution >= 0.6 is 0 Å². The van der Waals surface area contributed by atoms with Crippen molar-refractivity contribution in [3.8, 4) is 11.5 Å². The Hall–Kier alpha value is -4.83. The average Bonchev–Trinajstić information content (AvgIpc) is 3.39. The van der Waals surface area contributed by atoms with E-state index in [-0.39, 0.29) is 43.5 Å². The maximum absolute atomic E-state index is 14.1. The van der Waals surface area contributed by atoms with Crippen LogP contribution in [0.2, 0.25) is 0 Å². The SMILES string of the molecule is CC(C)C[C@H](NC(=O)C(=O)Nc1ccccc1OC(F)F)C(=O)N[C@@H](C[C@@H]1CCNC1=O)C(=O)COc1c(F)c(F)cc(F)c1F. The van der Waals surface area contributed by atoms with Crippen molar-refractivity contribution in [3.63, 3.8) is 0 Å². The number of ether oxygens (including phenoxy) is 2. The summed E-state index contributed by atoms with van der Waals surface area (Å²) in [6, 6.07) is 1.97. The van der Waals surface area contributed by atoms with Gasteiger partial charge in [0.1, 0.15) is 18.4 Å². The van der Waals surface area contributed by atoms with Gasteiger partial charge in [-0.1, -0.05) is 26.0 Å². The summed E-state index contributed by atoms with van der Waals surface area (Å²) in [5, 5.41) is 9.20. The minimum absolute atomic E-state index is 0.0551. The summed E-state index contributed by atoms with van der Waals surface area (Å²) in [7, 11) is 0. The third-order valence-electron chi connectivity index (χ3n) is 6.70. The fraction of sp³-hybridized carbons (Fsp3) is 0.414. The van der Waals surface area contributed by atoms with Gasteiger partial charge in [0.05, 0.1) is 11.7 Å². The van der Waals surface area contributed by atoms with E-state index in [4.69, 9.17) is 4.74 Å². The third kappa shape index (κ3) is 9.58. The van der Waals surface area contributed by atoms with Crippen LogP contribution in [-0.4, -0.2) is 61.3 Å². The molecule has 3 atom stereocenters. The lowest BCUT2D eigenvalue weighted by Crippen LogP contribution is -2.54. The number of hydrogen-bond donors (Lipinski definition) is 4. The minimum atomic E-state index is -3.23. The molecule has 1 aliphatic rings. The van der Waals surface area contributed by atoms with Crippen LogP contribution < -0.4 is 30.7 Å². The van der Waals surface area contributed by atoms with E-state index < -0.39 is 95.4 Å². The van der Waals surface area contributed by atoms with E-state index in [9.17, 15) is 50.3 Å². The van der Waals surface area contributed by atoms with Crippen molar-refractivity contribution < 1.29 is 59.8 Å². The highest BCUT2D eigenvalue weighted by Crippen LogP contribution is 2.27. The zero-order chi connectivity index (χ0) is 34.1. The van der Waals surface area contributed by atoms with Gasteiger partial charge in [-0.05, 0) is 37.3 Å². The average molecular weight is 661 g/mol. The number of ketones is 1. The van der Waals surface area contributed by atoms with Crippen LogP contribution in [0.3, 0.4) is 0 Å². The van der Waals surface area contributed by atoms with Crippen LogP contribution in [0.25, 0.3) is 0 Å². The number of amides is 4. The van der Waals surface area contributed by atoms with Crippen molar-refractivity contribution in [2.75, 3.05) is 18.5 Å². The molecular weight excluding hydrogens is 630 g/mol. The van der Waals surface area contributed by atoms with Crippen molar-refractivity contribution in [3.05, 3.63) is 53.6 Å². The number of carbonyl (C=O) groups excluding carboxylic acids is 5. The molecule has 0 saturated carbocycles. The van der Waals surface area contributed by atoms with Gasteiger partial charge >= 0.3 is 18.4 Å². The lowest BCUT2D eigenvalue weighted by molar-refractivity contribution is -0.138. The number of benzene rings is 2. The monoisotopic (exact) mass is 660 g/mol. The van der Waals surface area contributed by atoms with E-state index in [0.29, 0.717) is 0 Å². The number of rotatable bonds is 14. The van der Waals surface area contributed by atoms with E-state index in [1.807, 2.05) is 0 Å². The van der Waals surface area contributed by atoms with Gasteiger partial charge < -0.3 is 30.7 Å². The highest BCUT2D eigenvalue weighted by Gasteiger charge is 2.34. The summed E-state index contributed by atoms with van der Waals surface area (Å²) in [5.74, 6) is -15.5. The number of para-hydroxylation sites is 2. The molecule has 17 heteroatoms. The number of anilines is 1. The molecule has 3 rings (SSSR count). The van der Waals surface area contributed by atoms with E-state index in [1.54, 1.807) is 13.8 Å². The predicted molar refractivity (Wildman–Crippen MR) is 148 cm³/mol. The van der Waals surface area contributed by atoms with E-state index in [1.165, 1.54) is 18.2 Å². The maximum Gasteiger partial charge on any atom is 0.387 e. The summed E-state index contributed by atoms with van der Waals surface area (Å²) in [4.78, 5) is 64.0. The fourth-order valence-corrected chi connectivity index (χ4v) is 4.49. The second kappa shape index (κ2) is 15.9. The Morgan fingerprint density at radius 3 is 2.20 bits per heavy atom. The first-order chi connectivity index (χ1) is 21.7. The highest BCUT2D eigenvalue weighted by molar-refractivity contribution is 6.40. The summed E-state index contributed by atoms with van der Waals surface area (Å²) in [6.45, 7) is -0.800. The van der Waals surface area contributed by atoms with Crippen molar-refractivity contribution in [2.45, 2.75) is 51.8 Å². The Labute approximate surface area is 258 Å². The number of carbonyl (C=O) groups is 5. The summed E-state index contributed by atoms with van der Waals surface area (Å²) >= 11 is 0. The largest absolute Gasteiger partial charge is 0.479 e. The van der Waals surface area contributed by atoms with Crippen molar-refractivity contribution in [1.29, 1.82) is 0 Å². The number of Topliss-reactive ketones (excluding diaryl/α,β-unsaturated/α-hetero) is 1. The van der Waals surface area contributed by atoms with Crippen molar-refractivity contribution >= 4 is 35.1 Å². The number of alkyl halides is 2. The molecule has 0 spiro atoms. The normalized spacial score (nSPS) is 15.6. The molecule has 1 saturated heterocycles. The van der Waals surface area contributed by atoms with E-state index >= 15 is 0 Å². The standard InChI is InChI=1S/C29H30F6N4O7/c1-13(2)9-19(39-28(44)27(43)37-17-5-3-4-6-21(17)46-29(34)35)26(42)38-18(10-14-7-8-36-25(14)41)20(40)12-45-24-22(32)15(30)11-16(31)23(24)33/h3-6,11,13-14,18-19,29H,7-10,12H2,1-2H3,(H,36,41)(H,37,43)(H,38,42)(H,39,44)/t14-,18-,19-/m0/s1. The van der Waals surface area contributed by atoms with Gasteiger partial charge in [0.15, 0.2) is 23.2 Å². The Morgan fingerprint density at radius 2 is 1.61 bits per heavy atom. The van der Waals surface area contributed by atoms with Gasteiger partial charge in [0.25, 0.3) is 0 Å². The molecule has 0 aliphatic carbocycles. The van der Waals surface area contributed by atoms with Crippen molar-refractivity contribution in [2.24, 2.45) is 11.8 Å². The quantitative estimate of drug-likeness (QED) is 0.138. The molecule has 0 aromatic heterocycles. The maximum atomic E-state index is 14.1. The number of halogens is 6. The molecule has 250 valence electrons. The zero-order valence-corrected chi connectivity index (χ0v) is 24.4. The van der Waals surface area contributed by atoms with Gasteiger partial charge in [0.2, 0.25) is 23.4 Å². The summed E-state index contributed by atoms with van der Waals surface area (Å²) in [5.41, 5.74) is -0.264. The lowest BCUT2D eigenvalue weighted by Gasteiger charge is -2.25. The molecular formula is C29H30F6N4O7. The van der Waals surface area contributed by atoms with Gasteiger partial charge in [-0.25, -0.2) is 8.78 Å². The van der Waals surface area contributed by atoms with Gasteiger partial charge in [-0.2, -0.15) is 17.6 Å². The molecule has 0 unspecified atom stereocenters. The Bertz CT molecular complexity index is 1450. The van der Waals surface area contributed by atoms with Crippen LogP contribution in [0.4, 0.5) is 32.0 Å². The third-order valence-corrected chi connectivity index (χ3v) is 6.70. The Balaban J connectivity index is 1.76. The first-order valence-electron chi connectivity index (χ1n) is 13.9. The van der Waals surface area contributed by atoms with Crippen LogP contribution in [0, 0.1) is 35.1 Å². The molecule has 2 aromatic rings. The second-order valence-electron chi connectivity index (χ2n) is 10.6. The molecule has 0 bridgehead atoms. The molecule has 46 heavy (non-hydrogen) atoms. The van der Waals surface area contributed by atoms with Crippen LogP contribution in [0.5, 0.6) is 11.5 Å². The molecule has 1 fully saturated rings. The predicted octanol–water partition coefficient (Wildman–Crippen LogP) is 2.97. The van der Waals surface area contributed by atoms with Crippen LogP contribution in [-0.2, 0) is 24.0 Å². The molecule has 1 heterocycles. The lowest BCUT2D eigenvalue weighted by atomic mass is 9.95. The van der Waals surface area contributed by atoms with E-state index in [2.05, 4.69) is 26.0 Å². The van der Waals surface area contributed by atoms with Gasteiger partial charge in [0, 0.05) is 18.5 Å². The molecule has 0 radical (unpaired) electrons. The molecule has 4 amide bonds. The first-order valence-corrected chi connectivity index (χ1v) is 13.9. The van der Waals surface area contributed by atoms with Crippen LogP contribution in [0.15, 0.2) is 30.3 Å². The summed E-state index contributed by atoms with van der Waals surface area (Å²) in [6.07, 6.45) is -0.122. The van der Waals surface area contributed by atoms with Crippen LogP contribution in [0.1, 0.15) is 33.1 Å². The van der Waals surface area contributed by atoms with E-state index in [0.717, 1.165) is 6.07 Å². The molecule has 1 aliphatic heterocycles. The number of nitrogens with one attached hydrogen (secondary N) is 4. The Morgan fingerprint density at radius 1 is 0.957 bits per heavy atom. The molecule has 2 aromatic carbocycles. The fourth-order valence-electron chi connectivity index (χ4n) is 4.49. The van der Waals surface area contributed by atoms with Gasteiger partial charge in [-0.3, -0.25) is 24.0 Å². The topological polar surface area (TPSA) is 152 Å². The minimum Gasteiger partial charge on any atom is -0.479 e. The first kappa shape index (κ1) is 35.6. The Kier molecular flexibility index (Phi) is 12.4. The second-order valence-corrected chi connectivity index (χ2v) is 10.6. The van der Waals surface area contributed by atoms with Gasteiger partial charge in [-0.15, -0.1) is 0 Å².